The predicted molar refractivity (Wildman–Crippen MR) is 60.1 cm³/mol. The Morgan fingerprint density at radius 2 is 2.19 bits per heavy atom. The van der Waals surface area contributed by atoms with Gasteiger partial charge in [-0.3, -0.25) is 15.1 Å². The number of hydrogen-bond donors (Lipinski definition) is 2. The Morgan fingerprint density at radius 3 is 2.75 bits per heavy atom. The fourth-order valence-corrected chi connectivity index (χ4v) is 1.06. The third-order valence-electron chi connectivity index (χ3n) is 1.80. The lowest BCUT2D eigenvalue weighted by Gasteiger charge is -2.05. The van der Waals surface area contributed by atoms with E-state index in [0.717, 1.165) is 11.3 Å². The number of aromatic nitrogens is 1. The smallest absolute Gasteiger partial charge is 0.321 e. The van der Waals surface area contributed by atoms with Crippen molar-refractivity contribution in [3.05, 3.63) is 29.6 Å². The SMILES string of the molecule is Cc1ccc(CNC(=O)NC(=O)CCl)cn1. The van der Waals surface area contributed by atoms with E-state index in [4.69, 9.17) is 11.6 Å². The van der Waals surface area contributed by atoms with Gasteiger partial charge in [-0.1, -0.05) is 6.07 Å². The van der Waals surface area contributed by atoms with Crippen LogP contribution in [0.1, 0.15) is 11.3 Å². The van der Waals surface area contributed by atoms with Crippen molar-refractivity contribution in [1.29, 1.82) is 0 Å². The average Bonchev–Trinajstić information content (AvgIpc) is 2.28. The van der Waals surface area contributed by atoms with E-state index in [-0.39, 0.29) is 5.88 Å². The minimum absolute atomic E-state index is 0.237. The molecule has 0 bridgehead atoms. The molecule has 0 aromatic carbocycles. The number of aryl methyl sites for hydroxylation is 1. The molecule has 6 heteroatoms. The fourth-order valence-electron chi connectivity index (χ4n) is 0.990. The van der Waals surface area contributed by atoms with Crippen LogP contribution < -0.4 is 10.6 Å². The molecule has 1 heterocycles. The normalized spacial score (nSPS) is 9.62. The third-order valence-corrected chi connectivity index (χ3v) is 2.04. The number of amides is 3. The van der Waals surface area contributed by atoms with Crippen molar-refractivity contribution in [2.45, 2.75) is 13.5 Å². The maximum Gasteiger partial charge on any atom is 0.321 e. The highest BCUT2D eigenvalue weighted by molar-refractivity contribution is 6.28. The summed E-state index contributed by atoms with van der Waals surface area (Å²) in [6, 6.07) is 3.14. The minimum atomic E-state index is -0.564. The monoisotopic (exact) mass is 241 g/mol. The molecule has 0 atom stereocenters. The van der Waals surface area contributed by atoms with Crippen molar-refractivity contribution < 1.29 is 9.59 Å². The van der Waals surface area contributed by atoms with Gasteiger partial charge >= 0.3 is 6.03 Å². The molecule has 0 saturated carbocycles. The van der Waals surface area contributed by atoms with Crippen LogP contribution in [0.5, 0.6) is 0 Å². The lowest BCUT2D eigenvalue weighted by atomic mass is 10.2. The summed E-state index contributed by atoms with van der Waals surface area (Å²) >= 11 is 5.23. The van der Waals surface area contributed by atoms with Gasteiger partial charge in [0.25, 0.3) is 0 Å². The maximum absolute atomic E-state index is 11.1. The zero-order valence-corrected chi connectivity index (χ0v) is 9.54. The highest BCUT2D eigenvalue weighted by atomic mass is 35.5. The number of carbonyl (C=O) groups excluding carboxylic acids is 2. The molecular weight excluding hydrogens is 230 g/mol. The average molecular weight is 242 g/mol. The summed E-state index contributed by atoms with van der Waals surface area (Å²) in [5.74, 6) is -0.763. The van der Waals surface area contributed by atoms with Gasteiger partial charge in [0.05, 0.1) is 0 Å². The van der Waals surface area contributed by atoms with Crippen molar-refractivity contribution in [2.75, 3.05) is 5.88 Å². The number of hydrogen-bond acceptors (Lipinski definition) is 3. The van der Waals surface area contributed by atoms with Crippen molar-refractivity contribution in [3.8, 4) is 0 Å². The molecule has 3 amide bonds. The number of alkyl halides is 1. The standard InChI is InChI=1S/C10H12ClN3O2/c1-7-2-3-8(5-12-7)6-13-10(16)14-9(15)4-11/h2-3,5H,4,6H2,1H3,(H2,13,14,15,16). The second-order valence-corrected chi connectivity index (χ2v) is 3.44. The number of imide groups is 1. The van der Waals surface area contributed by atoms with Crippen LogP contribution in [0.3, 0.4) is 0 Å². The molecule has 5 nitrogen and oxygen atoms in total. The van der Waals surface area contributed by atoms with Gasteiger partial charge in [0.1, 0.15) is 5.88 Å². The number of urea groups is 1. The van der Waals surface area contributed by atoms with Crippen LogP contribution >= 0.6 is 11.6 Å². The van der Waals surface area contributed by atoms with Gasteiger partial charge in [-0.2, -0.15) is 0 Å². The number of rotatable bonds is 3. The van der Waals surface area contributed by atoms with E-state index in [2.05, 4.69) is 15.6 Å². The molecule has 1 aromatic rings. The molecule has 1 aromatic heterocycles. The minimum Gasteiger partial charge on any atom is -0.334 e. The summed E-state index contributed by atoms with van der Waals surface area (Å²) in [7, 11) is 0. The summed E-state index contributed by atoms with van der Waals surface area (Å²) in [5.41, 5.74) is 1.77. The highest BCUT2D eigenvalue weighted by Crippen LogP contribution is 1.98. The van der Waals surface area contributed by atoms with E-state index in [1.165, 1.54) is 0 Å². The molecule has 0 aliphatic rings. The lowest BCUT2D eigenvalue weighted by molar-refractivity contribution is -0.117. The molecule has 0 aliphatic heterocycles. The van der Waals surface area contributed by atoms with Crippen molar-refractivity contribution >= 4 is 23.5 Å². The molecule has 1 rings (SSSR count). The van der Waals surface area contributed by atoms with Crippen LogP contribution in [-0.2, 0) is 11.3 Å². The first-order chi connectivity index (χ1) is 7.61. The highest BCUT2D eigenvalue weighted by Gasteiger charge is 2.05. The van der Waals surface area contributed by atoms with E-state index >= 15 is 0 Å². The summed E-state index contributed by atoms with van der Waals surface area (Å²) < 4.78 is 0. The summed E-state index contributed by atoms with van der Waals surface area (Å²) in [4.78, 5) is 26.0. The van der Waals surface area contributed by atoms with E-state index < -0.39 is 11.9 Å². The van der Waals surface area contributed by atoms with Crippen LogP contribution in [0.15, 0.2) is 18.3 Å². The topological polar surface area (TPSA) is 71.1 Å². The van der Waals surface area contributed by atoms with E-state index in [9.17, 15) is 9.59 Å². The van der Waals surface area contributed by atoms with Crippen molar-refractivity contribution in [2.24, 2.45) is 0 Å². The van der Waals surface area contributed by atoms with Gasteiger partial charge in [0.2, 0.25) is 5.91 Å². The molecule has 16 heavy (non-hydrogen) atoms. The summed E-state index contributed by atoms with van der Waals surface area (Å²) in [5, 5.41) is 4.58. The Morgan fingerprint density at radius 1 is 1.44 bits per heavy atom. The Kier molecular flexibility index (Phi) is 4.72. The lowest BCUT2D eigenvalue weighted by Crippen LogP contribution is -2.39. The Hall–Kier alpha value is -1.62. The number of halogens is 1. The van der Waals surface area contributed by atoms with E-state index in [0.29, 0.717) is 6.54 Å². The third kappa shape index (κ3) is 4.27. The maximum atomic E-state index is 11.1. The molecule has 2 N–H and O–H groups in total. The predicted octanol–water partition coefficient (Wildman–Crippen LogP) is 0.955. The largest absolute Gasteiger partial charge is 0.334 e. The number of carbonyl (C=O) groups is 2. The van der Waals surface area contributed by atoms with E-state index in [1.807, 2.05) is 19.1 Å². The quantitative estimate of drug-likeness (QED) is 0.775. The van der Waals surface area contributed by atoms with Crippen LogP contribution in [0.25, 0.3) is 0 Å². The first kappa shape index (κ1) is 12.4. The first-order valence-corrected chi connectivity index (χ1v) is 5.20. The van der Waals surface area contributed by atoms with Crippen molar-refractivity contribution in [1.82, 2.24) is 15.6 Å². The van der Waals surface area contributed by atoms with Gasteiger partial charge in [-0.25, -0.2) is 4.79 Å². The van der Waals surface area contributed by atoms with Crippen LogP contribution in [-0.4, -0.2) is 22.8 Å². The molecule has 0 fully saturated rings. The molecule has 0 aliphatic carbocycles. The zero-order chi connectivity index (χ0) is 12.0. The van der Waals surface area contributed by atoms with Crippen LogP contribution in [0.2, 0.25) is 0 Å². The molecule has 86 valence electrons. The van der Waals surface area contributed by atoms with Gasteiger partial charge in [-0.15, -0.1) is 11.6 Å². The van der Waals surface area contributed by atoms with Gasteiger partial charge < -0.3 is 5.32 Å². The Bertz CT molecular complexity index is 378. The first-order valence-electron chi connectivity index (χ1n) is 4.67. The summed E-state index contributed by atoms with van der Waals surface area (Å²) in [6.07, 6.45) is 1.67. The molecule has 0 saturated heterocycles. The molecule has 0 spiro atoms. The fraction of sp³-hybridized carbons (Fsp3) is 0.300. The zero-order valence-electron chi connectivity index (χ0n) is 8.79. The van der Waals surface area contributed by atoms with Gasteiger partial charge in [-0.05, 0) is 18.6 Å². The molecule has 0 radical (unpaired) electrons. The van der Waals surface area contributed by atoms with Gasteiger partial charge in [0, 0.05) is 18.4 Å². The second kappa shape index (κ2) is 6.07. The number of pyridine rings is 1. The van der Waals surface area contributed by atoms with Crippen molar-refractivity contribution in [3.63, 3.8) is 0 Å². The molecular formula is C10H12ClN3O2. The van der Waals surface area contributed by atoms with E-state index in [1.54, 1.807) is 6.20 Å². The number of nitrogens with zero attached hydrogens (tertiary/aromatic N) is 1. The van der Waals surface area contributed by atoms with Crippen LogP contribution in [0.4, 0.5) is 4.79 Å². The number of nitrogens with one attached hydrogen (secondary N) is 2. The van der Waals surface area contributed by atoms with Gasteiger partial charge in [0.15, 0.2) is 0 Å². The Labute approximate surface area is 98.2 Å². The molecule has 0 unspecified atom stereocenters. The summed E-state index contributed by atoms with van der Waals surface area (Å²) in [6.45, 7) is 2.19. The second-order valence-electron chi connectivity index (χ2n) is 3.17. The van der Waals surface area contributed by atoms with Crippen LogP contribution in [0, 0.1) is 6.92 Å². The Balaban J connectivity index is 2.37.